The minimum Gasteiger partial charge on any atom is -0.445 e. The quantitative estimate of drug-likeness (QED) is 0.818. The molecular weight excluding hydrogens is 332 g/mol. The summed E-state index contributed by atoms with van der Waals surface area (Å²) in [5.74, 6) is 0.201. The zero-order valence-corrected chi connectivity index (χ0v) is 16.4. The van der Waals surface area contributed by atoms with Crippen molar-refractivity contribution in [1.82, 2.24) is 9.80 Å². The monoisotopic (exact) mass is 362 g/mol. The van der Waals surface area contributed by atoms with E-state index >= 15 is 0 Å². The number of hydrogen-bond donors (Lipinski definition) is 0. The summed E-state index contributed by atoms with van der Waals surface area (Å²) in [5, 5.41) is 0. The summed E-state index contributed by atoms with van der Waals surface area (Å²) in [6, 6.07) is 9.50. The molecule has 1 aromatic carbocycles. The van der Waals surface area contributed by atoms with E-state index in [1.165, 1.54) is 0 Å². The Labute approximate surface area is 156 Å². The molecule has 1 atom stereocenters. The van der Waals surface area contributed by atoms with Crippen molar-refractivity contribution in [3.05, 3.63) is 35.9 Å². The maximum absolute atomic E-state index is 12.5. The van der Waals surface area contributed by atoms with Gasteiger partial charge in [0.25, 0.3) is 0 Å². The van der Waals surface area contributed by atoms with Crippen LogP contribution in [0.4, 0.5) is 9.59 Å². The van der Waals surface area contributed by atoms with Crippen molar-refractivity contribution in [3.8, 4) is 0 Å². The third-order valence-corrected chi connectivity index (χ3v) is 4.28. The number of carbonyl (C=O) groups is 2. The number of carbonyl (C=O) groups excluding carboxylic acids is 2. The molecule has 0 aromatic heterocycles. The lowest BCUT2D eigenvalue weighted by Crippen LogP contribution is -2.59. The van der Waals surface area contributed by atoms with Gasteiger partial charge in [-0.3, -0.25) is 0 Å². The molecule has 2 rings (SSSR count). The molecule has 1 aromatic rings. The molecule has 1 unspecified atom stereocenters. The SMILES string of the molecule is CC(C)C1CN(C(=O)OCc2ccccc2)CCN1C(=O)OC(C)(C)C. The Balaban J connectivity index is 1.95. The van der Waals surface area contributed by atoms with E-state index in [2.05, 4.69) is 0 Å². The van der Waals surface area contributed by atoms with Crippen LogP contribution in [0.15, 0.2) is 30.3 Å². The predicted octanol–water partition coefficient (Wildman–Crippen LogP) is 3.90. The van der Waals surface area contributed by atoms with Gasteiger partial charge in [0.15, 0.2) is 0 Å². The van der Waals surface area contributed by atoms with Crippen LogP contribution in [0.1, 0.15) is 40.2 Å². The first-order valence-corrected chi connectivity index (χ1v) is 9.12. The van der Waals surface area contributed by atoms with Gasteiger partial charge in [-0.1, -0.05) is 44.2 Å². The molecule has 0 N–H and O–H groups in total. The highest BCUT2D eigenvalue weighted by atomic mass is 16.6. The van der Waals surface area contributed by atoms with Crippen molar-refractivity contribution in [2.75, 3.05) is 19.6 Å². The lowest BCUT2D eigenvalue weighted by Gasteiger charge is -2.43. The van der Waals surface area contributed by atoms with Crippen LogP contribution in [0, 0.1) is 5.92 Å². The summed E-state index contributed by atoms with van der Waals surface area (Å²) in [6.45, 7) is 11.2. The number of benzene rings is 1. The van der Waals surface area contributed by atoms with Crippen LogP contribution in [0.25, 0.3) is 0 Å². The third-order valence-electron chi connectivity index (χ3n) is 4.28. The summed E-state index contributed by atoms with van der Waals surface area (Å²) in [6.07, 6.45) is -0.670. The largest absolute Gasteiger partial charge is 0.445 e. The molecule has 0 spiro atoms. The van der Waals surface area contributed by atoms with Crippen LogP contribution < -0.4 is 0 Å². The fourth-order valence-corrected chi connectivity index (χ4v) is 2.90. The molecule has 1 aliphatic heterocycles. The first-order valence-electron chi connectivity index (χ1n) is 9.12. The van der Waals surface area contributed by atoms with E-state index in [9.17, 15) is 9.59 Å². The minimum atomic E-state index is -0.537. The lowest BCUT2D eigenvalue weighted by molar-refractivity contribution is -0.0107. The Morgan fingerprint density at radius 2 is 1.77 bits per heavy atom. The average Bonchev–Trinajstić information content (AvgIpc) is 2.58. The summed E-state index contributed by atoms with van der Waals surface area (Å²) in [4.78, 5) is 28.3. The third kappa shape index (κ3) is 5.64. The molecule has 26 heavy (non-hydrogen) atoms. The molecule has 1 aliphatic rings. The van der Waals surface area contributed by atoms with Crippen molar-refractivity contribution < 1.29 is 19.1 Å². The molecule has 0 aliphatic carbocycles. The zero-order valence-electron chi connectivity index (χ0n) is 16.4. The molecule has 0 radical (unpaired) electrons. The van der Waals surface area contributed by atoms with E-state index in [4.69, 9.17) is 9.47 Å². The van der Waals surface area contributed by atoms with Gasteiger partial charge in [-0.25, -0.2) is 9.59 Å². The Bertz CT molecular complexity index is 610. The molecule has 1 heterocycles. The second-order valence-electron chi connectivity index (χ2n) is 7.97. The van der Waals surface area contributed by atoms with E-state index < -0.39 is 5.60 Å². The lowest BCUT2D eigenvalue weighted by atomic mass is 10.0. The highest BCUT2D eigenvalue weighted by Gasteiger charge is 2.36. The van der Waals surface area contributed by atoms with Crippen molar-refractivity contribution >= 4 is 12.2 Å². The Morgan fingerprint density at radius 1 is 1.12 bits per heavy atom. The van der Waals surface area contributed by atoms with E-state index in [1.807, 2.05) is 65.0 Å². The molecular formula is C20H30N2O4. The maximum Gasteiger partial charge on any atom is 0.410 e. The van der Waals surface area contributed by atoms with E-state index in [-0.39, 0.29) is 30.8 Å². The van der Waals surface area contributed by atoms with Crippen molar-refractivity contribution in [2.24, 2.45) is 5.92 Å². The Kier molecular flexibility index (Phi) is 6.51. The van der Waals surface area contributed by atoms with Gasteiger partial charge in [0.1, 0.15) is 12.2 Å². The van der Waals surface area contributed by atoms with Crippen LogP contribution in [0.5, 0.6) is 0 Å². The van der Waals surface area contributed by atoms with Crippen LogP contribution in [0.3, 0.4) is 0 Å². The van der Waals surface area contributed by atoms with Crippen molar-refractivity contribution in [3.63, 3.8) is 0 Å². The standard InChI is InChI=1S/C20H30N2O4/c1-15(2)17-13-21(11-12-22(17)19(24)26-20(3,4)5)18(23)25-14-16-9-7-6-8-10-16/h6-10,15,17H,11-14H2,1-5H3. The molecule has 6 heteroatoms. The zero-order chi connectivity index (χ0) is 19.3. The fourth-order valence-electron chi connectivity index (χ4n) is 2.90. The minimum absolute atomic E-state index is 0.0946. The van der Waals surface area contributed by atoms with Gasteiger partial charge in [0.05, 0.1) is 6.04 Å². The maximum atomic E-state index is 12.5. The van der Waals surface area contributed by atoms with Gasteiger partial charge in [0, 0.05) is 19.6 Å². The smallest absolute Gasteiger partial charge is 0.410 e. The van der Waals surface area contributed by atoms with E-state index in [1.54, 1.807) is 9.80 Å². The van der Waals surface area contributed by atoms with Crippen molar-refractivity contribution in [1.29, 1.82) is 0 Å². The molecule has 144 valence electrons. The molecule has 6 nitrogen and oxygen atoms in total. The Morgan fingerprint density at radius 3 is 2.35 bits per heavy atom. The van der Waals surface area contributed by atoms with E-state index in [0.29, 0.717) is 19.6 Å². The van der Waals surface area contributed by atoms with Gasteiger partial charge in [-0.05, 0) is 32.3 Å². The number of nitrogens with zero attached hydrogens (tertiary/aromatic N) is 2. The van der Waals surface area contributed by atoms with Crippen LogP contribution in [-0.2, 0) is 16.1 Å². The van der Waals surface area contributed by atoms with Gasteiger partial charge in [-0.15, -0.1) is 0 Å². The van der Waals surface area contributed by atoms with Gasteiger partial charge in [0.2, 0.25) is 0 Å². The fraction of sp³-hybridized carbons (Fsp3) is 0.600. The molecule has 0 saturated carbocycles. The van der Waals surface area contributed by atoms with Crippen LogP contribution in [-0.4, -0.2) is 53.3 Å². The second-order valence-corrected chi connectivity index (χ2v) is 7.97. The summed E-state index contributed by atoms with van der Waals surface area (Å²) in [7, 11) is 0. The van der Waals surface area contributed by atoms with Crippen LogP contribution >= 0.6 is 0 Å². The number of hydrogen-bond acceptors (Lipinski definition) is 4. The molecule has 1 fully saturated rings. The van der Waals surface area contributed by atoms with Crippen molar-refractivity contribution in [2.45, 2.75) is 52.9 Å². The molecule has 2 amide bonds. The Hall–Kier alpha value is -2.24. The topological polar surface area (TPSA) is 59.1 Å². The van der Waals surface area contributed by atoms with Crippen LogP contribution in [0.2, 0.25) is 0 Å². The first kappa shape index (κ1) is 20.1. The number of ether oxygens (including phenoxy) is 2. The molecule has 0 bridgehead atoms. The number of piperazine rings is 1. The average molecular weight is 362 g/mol. The van der Waals surface area contributed by atoms with Gasteiger partial charge >= 0.3 is 12.2 Å². The number of rotatable bonds is 3. The van der Waals surface area contributed by atoms with Gasteiger partial charge < -0.3 is 19.3 Å². The second kappa shape index (κ2) is 8.43. The number of amides is 2. The summed E-state index contributed by atoms with van der Waals surface area (Å²) >= 11 is 0. The van der Waals surface area contributed by atoms with Gasteiger partial charge in [-0.2, -0.15) is 0 Å². The summed E-state index contributed by atoms with van der Waals surface area (Å²) in [5.41, 5.74) is 0.415. The van der Waals surface area contributed by atoms with E-state index in [0.717, 1.165) is 5.56 Å². The molecule has 1 saturated heterocycles. The highest BCUT2D eigenvalue weighted by Crippen LogP contribution is 2.21. The normalized spacial score (nSPS) is 18.0. The highest BCUT2D eigenvalue weighted by molar-refractivity contribution is 5.71. The first-order chi connectivity index (χ1) is 12.2. The summed E-state index contributed by atoms with van der Waals surface area (Å²) < 4.78 is 10.9. The predicted molar refractivity (Wildman–Crippen MR) is 99.8 cm³/mol.